The third-order valence-electron chi connectivity index (χ3n) is 3.29. The molecule has 0 radical (unpaired) electrons. The molecular weight excluding hydrogens is 379 g/mol. The van der Waals surface area contributed by atoms with E-state index >= 15 is 0 Å². The van der Waals surface area contributed by atoms with Crippen LogP contribution in [0.4, 0.5) is 5.69 Å². The van der Waals surface area contributed by atoms with Crippen LogP contribution in [0, 0.1) is 0 Å². The highest BCUT2D eigenvalue weighted by molar-refractivity contribution is 6.34. The lowest BCUT2D eigenvalue weighted by atomic mass is 10.1. The van der Waals surface area contributed by atoms with Crippen molar-refractivity contribution in [1.82, 2.24) is 5.32 Å². The average molecular weight is 397 g/mol. The molecule has 2 rings (SSSR count). The summed E-state index contributed by atoms with van der Waals surface area (Å²) in [5.41, 5.74) is 0.728. The molecule has 2 amide bonds. The summed E-state index contributed by atoms with van der Waals surface area (Å²) in [6.45, 7) is 0.488. The van der Waals surface area contributed by atoms with Crippen LogP contribution >= 0.6 is 23.2 Å². The molecule has 0 heterocycles. The summed E-state index contributed by atoms with van der Waals surface area (Å²) in [7, 11) is 1.55. The standard InChI is InChI=1S/C18H18Cl2N2O4/c1-25-9-8-21-18(24)13-4-2-3-5-15(13)22-17(23)11-26-16-10-12(19)6-7-14(16)20/h2-7,10H,8-9,11H2,1H3,(H,21,24)(H,22,23). The molecule has 0 aliphatic heterocycles. The van der Waals surface area contributed by atoms with Crippen LogP contribution in [-0.4, -0.2) is 38.7 Å². The van der Waals surface area contributed by atoms with Crippen molar-refractivity contribution in [1.29, 1.82) is 0 Å². The van der Waals surface area contributed by atoms with Crippen molar-refractivity contribution in [2.24, 2.45) is 0 Å². The van der Waals surface area contributed by atoms with E-state index in [1.807, 2.05) is 0 Å². The van der Waals surface area contributed by atoms with E-state index in [0.717, 1.165) is 0 Å². The van der Waals surface area contributed by atoms with Crippen LogP contribution in [0.1, 0.15) is 10.4 Å². The van der Waals surface area contributed by atoms with Gasteiger partial charge in [-0.2, -0.15) is 0 Å². The summed E-state index contributed by atoms with van der Waals surface area (Å²) in [5, 5.41) is 6.15. The van der Waals surface area contributed by atoms with E-state index in [1.54, 1.807) is 43.5 Å². The first-order valence-electron chi connectivity index (χ1n) is 7.75. The molecule has 0 spiro atoms. The first-order valence-corrected chi connectivity index (χ1v) is 8.50. The summed E-state index contributed by atoms with van der Waals surface area (Å²) in [4.78, 5) is 24.4. The highest BCUT2D eigenvalue weighted by Crippen LogP contribution is 2.27. The lowest BCUT2D eigenvalue weighted by Crippen LogP contribution is -2.29. The molecule has 0 aliphatic carbocycles. The Morgan fingerprint density at radius 1 is 1.12 bits per heavy atom. The molecule has 2 N–H and O–H groups in total. The molecule has 26 heavy (non-hydrogen) atoms. The molecule has 2 aromatic rings. The molecule has 0 aromatic heterocycles. The highest BCUT2D eigenvalue weighted by Gasteiger charge is 2.13. The van der Waals surface area contributed by atoms with Gasteiger partial charge in [-0.05, 0) is 24.3 Å². The van der Waals surface area contributed by atoms with Gasteiger partial charge >= 0.3 is 0 Å². The van der Waals surface area contributed by atoms with Gasteiger partial charge in [-0.1, -0.05) is 35.3 Å². The molecule has 0 saturated heterocycles. The van der Waals surface area contributed by atoms with Crippen molar-refractivity contribution < 1.29 is 19.1 Å². The normalized spacial score (nSPS) is 10.3. The Bertz CT molecular complexity index is 784. The summed E-state index contributed by atoms with van der Waals surface area (Å²) in [5.74, 6) is -0.435. The van der Waals surface area contributed by atoms with Gasteiger partial charge in [0.25, 0.3) is 11.8 Å². The van der Waals surface area contributed by atoms with Gasteiger partial charge in [-0.3, -0.25) is 9.59 Å². The zero-order chi connectivity index (χ0) is 18.9. The van der Waals surface area contributed by atoms with Crippen molar-refractivity contribution in [2.75, 3.05) is 32.2 Å². The highest BCUT2D eigenvalue weighted by atomic mass is 35.5. The van der Waals surface area contributed by atoms with Crippen molar-refractivity contribution in [3.05, 3.63) is 58.1 Å². The molecule has 0 atom stereocenters. The Labute approximate surface area is 161 Å². The fourth-order valence-corrected chi connectivity index (χ4v) is 2.40. The topological polar surface area (TPSA) is 76.7 Å². The number of amides is 2. The van der Waals surface area contributed by atoms with Gasteiger partial charge in [0.15, 0.2) is 6.61 Å². The maximum Gasteiger partial charge on any atom is 0.262 e. The van der Waals surface area contributed by atoms with Gasteiger partial charge in [0.05, 0.1) is 22.9 Å². The second-order valence-electron chi connectivity index (χ2n) is 5.21. The first-order chi connectivity index (χ1) is 12.5. The third kappa shape index (κ3) is 5.91. The minimum atomic E-state index is -0.432. The molecule has 138 valence electrons. The SMILES string of the molecule is COCCNC(=O)c1ccccc1NC(=O)COc1cc(Cl)ccc1Cl. The van der Waals surface area contributed by atoms with Crippen molar-refractivity contribution in [3.63, 3.8) is 0 Å². The second kappa shape index (κ2) is 10.0. The third-order valence-corrected chi connectivity index (χ3v) is 3.84. The zero-order valence-electron chi connectivity index (χ0n) is 14.1. The predicted octanol–water partition coefficient (Wildman–Crippen LogP) is 3.39. The van der Waals surface area contributed by atoms with Gasteiger partial charge in [-0.15, -0.1) is 0 Å². The van der Waals surface area contributed by atoms with Crippen LogP contribution in [-0.2, 0) is 9.53 Å². The molecule has 0 unspecified atom stereocenters. The molecule has 6 nitrogen and oxygen atoms in total. The predicted molar refractivity (Wildman–Crippen MR) is 101 cm³/mol. The number of carbonyl (C=O) groups excluding carboxylic acids is 2. The fourth-order valence-electron chi connectivity index (χ4n) is 2.07. The smallest absolute Gasteiger partial charge is 0.262 e. The molecule has 0 bridgehead atoms. The van der Waals surface area contributed by atoms with Gasteiger partial charge in [0, 0.05) is 24.7 Å². The summed E-state index contributed by atoms with van der Waals surface area (Å²) < 4.78 is 10.3. The zero-order valence-corrected chi connectivity index (χ0v) is 15.6. The van der Waals surface area contributed by atoms with Crippen molar-refractivity contribution in [3.8, 4) is 5.75 Å². The fraction of sp³-hybridized carbons (Fsp3) is 0.222. The number of anilines is 1. The monoisotopic (exact) mass is 396 g/mol. The van der Waals surface area contributed by atoms with Crippen LogP contribution in [0.25, 0.3) is 0 Å². The van der Waals surface area contributed by atoms with E-state index in [9.17, 15) is 9.59 Å². The van der Waals surface area contributed by atoms with E-state index in [0.29, 0.717) is 40.2 Å². The maximum absolute atomic E-state index is 12.2. The van der Waals surface area contributed by atoms with E-state index in [2.05, 4.69) is 10.6 Å². The van der Waals surface area contributed by atoms with E-state index in [-0.39, 0.29) is 12.5 Å². The van der Waals surface area contributed by atoms with E-state index < -0.39 is 5.91 Å². The minimum Gasteiger partial charge on any atom is -0.482 e. The Balaban J connectivity index is 1.98. The first kappa shape index (κ1) is 20.0. The van der Waals surface area contributed by atoms with Crippen molar-refractivity contribution >= 4 is 40.7 Å². The van der Waals surface area contributed by atoms with E-state index in [1.165, 1.54) is 6.07 Å². The van der Waals surface area contributed by atoms with Crippen LogP contribution in [0.15, 0.2) is 42.5 Å². The lowest BCUT2D eigenvalue weighted by molar-refractivity contribution is -0.118. The average Bonchev–Trinajstić information content (AvgIpc) is 2.63. The number of carbonyl (C=O) groups is 2. The van der Waals surface area contributed by atoms with Crippen LogP contribution in [0.3, 0.4) is 0 Å². The van der Waals surface area contributed by atoms with Crippen LogP contribution in [0.5, 0.6) is 5.75 Å². The maximum atomic E-state index is 12.2. The molecule has 0 saturated carbocycles. The number of nitrogens with one attached hydrogen (secondary N) is 2. The van der Waals surface area contributed by atoms with Crippen LogP contribution in [0.2, 0.25) is 10.0 Å². The van der Waals surface area contributed by atoms with Crippen molar-refractivity contribution in [2.45, 2.75) is 0 Å². The Morgan fingerprint density at radius 2 is 1.88 bits per heavy atom. The van der Waals surface area contributed by atoms with Gasteiger partial charge in [0.1, 0.15) is 5.75 Å². The number of rotatable bonds is 8. The number of benzene rings is 2. The molecule has 2 aromatic carbocycles. The van der Waals surface area contributed by atoms with Crippen LogP contribution < -0.4 is 15.4 Å². The van der Waals surface area contributed by atoms with Gasteiger partial charge < -0.3 is 20.1 Å². The lowest BCUT2D eigenvalue weighted by Gasteiger charge is -2.12. The number of para-hydroxylation sites is 1. The molecule has 8 heteroatoms. The largest absolute Gasteiger partial charge is 0.482 e. The van der Waals surface area contributed by atoms with E-state index in [4.69, 9.17) is 32.7 Å². The Morgan fingerprint density at radius 3 is 2.65 bits per heavy atom. The summed E-state index contributed by atoms with van der Waals surface area (Å²) >= 11 is 11.9. The second-order valence-corrected chi connectivity index (χ2v) is 6.05. The molecular formula is C18H18Cl2N2O4. The quantitative estimate of drug-likeness (QED) is 0.670. The summed E-state index contributed by atoms with van der Waals surface area (Å²) in [6.07, 6.45) is 0. The molecule has 0 fully saturated rings. The summed E-state index contributed by atoms with van der Waals surface area (Å²) in [6, 6.07) is 11.4. The van der Waals surface area contributed by atoms with Gasteiger partial charge in [0.2, 0.25) is 0 Å². The number of ether oxygens (including phenoxy) is 2. The van der Waals surface area contributed by atoms with Gasteiger partial charge in [-0.25, -0.2) is 0 Å². The number of halogens is 2. The number of methoxy groups -OCH3 is 1. The molecule has 0 aliphatic rings. The Hall–Kier alpha value is -2.28. The number of hydrogen-bond donors (Lipinski definition) is 2. The Kier molecular flexibility index (Phi) is 7.72. The minimum absolute atomic E-state index is 0.278. The number of hydrogen-bond acceptors (Lipinski definition) is 4.